The topological polar surface area (TPSA) is 110 Å². The molecule has 2 aromatic heterocycles. The van der Waals surface area contributed by atoms with E-state index in [-0.39, 0.29) is 0 Å². The maximum atomic E-state index is 12.7. The summed E-state index contributed by atoms with van der Waals surface area (Å²) in [6.45, 7) is 3.75. The average Bonchev–Trinajstić information content (AvgIpc) is 3.43. The zero-order valence-electron chi connectivity index (χ0n) is 21.2. The van der Waals surface area contributed by atoms with Crippen molar-refractivity contribution in [2.24, 2.45) is 0 Å². The Kier molecular flexibility index (Phi) is 7.52. The summed E-state index contributed by atoms with van der Waals surface area (Å²) in [7, 11) is 3.47. The van der Waals surface area contributed by atoms with Crippen molar-refractivity contribution in [3.05, 3.63) is 85.0 Å². The lowest BCUT2D eigenvalue weighted by Crippen LogP contribution is -2.49. The number of rotatable bonds is 8. The van der Waals surface area contributed by atoms with Crippen LogP contribution in [-0.4, -0.2) is 41.5 Å². The quantitative estimate of drug-likeness (QED) is 0.341. The Balaban J connectivity index is 1.36. The predicted octanol–water partition coefficient (Wildman–Crippen LogP) is 4.59. The third-order valence-corrected chi connectivity index (χ3v) is 5.78. The van der Waals surface area contributed by atoms with Gasteiger partial charge in [-0.1, -0.05) is 18.2 Å². The van der Waals surface area contributed by atoms with Crippen molar-refractivity contribution in [3.63, 3.8) is 0 Å². The molecule has 0 saturated carbocycles. The molecule has 0 unspecified atom stereocenters. The van der Waals surface area contributed by atoms with Gasteiger partial charge in [0.15, 0.2) is 12.2 Å². The minimum absolute atomic E-state index is 0.422. The minimum atomic E-state index is -0.769. The Labute approximate surface area is 215 Å². The predicted molar refractivity (Wildman–Crippen MR) is 142 cm³/mol. The van der Waals surface area contributed by atoms with E-state index in [0.717, 1.165) is 17.1 Å². The maximum absolute atomic E-state index is 12.7. The highest BCUT2D eigenvalue weighted by Crippen LogP contribution is 2.32. The molecule has 0 saturated heterocycles. The molecule has 9 heteroatoms. The van der Waals surface area contributed by atoms with E-state index in [1.54, 1.807) is 30.6 Å². The summed E-state index contributed by atoms with van der Waals surface area (Å²) in [6.07, 6.45) is 5.19. The molecule has 0 aliphatic heterocycles. The second-order valence-electron chi connectivity index (χ2n) is 9.16. The normalized spacial score (nSPS) is 11.0. The van der Waals surface area contributed by atoms with Gasteiger partial charge in [-0.3, -0.25) is 9.59 Å². The lowest BCUT2D eigenvalue weighted by atomic mass is 9.94. The zero-order valence-corrected chi connectivity index (χ0v) is 21.2. The Hall–Kier alpha value is -4.66. The summed E-state index contributed by atoms with van der Waals surface area (Å²) in [6, 6.07) is 18.8. The summed E-state index contributed by atoms with van der Waals surface area (Å²) in [5.74, 6) is 0.363. The summed E-state index contributed by atoms with van der Waals surface area (Å²) in [5, 5.41) is 5.45. The van der Waals surface area contributed by atoms with Crippen LogP contribution < -0.4 is 20.3 Å². The fourth-order valence-electron chi connectivity index (χ4n) is 3.95. The molecule has 190 valence electrons. The molecule has 4 aromatic rings. The van der Waals surface area contributed by atoms with Crippen molar-refractivity contribution >= 4 is 29.0 Å². The van der Waals surface area contributed by atoms with E-state index < -0.39 is 17.4 Å². The Morgan fingerprint density at radius 1 is 1.05 bits per heavy atom. The third kappa shape index (κ3) is 6.32. The first-order valence-electron chi connectivity index (χ1n) is 11.7. The second kappa shape index (κ2) is 10.9. The number of ether oxygens (including phenoxy) is 1. The van der Waals surface area contributed by atoms with Crippen LogP contribution in [0.5, 0.6) is 5.75 Å². The molecular weight excluding hydrogens is 470 g/mol. The Morgan fingerprint density at radius 2 is 1.84 bits per heavy atom. The standard InChI is InChI=1S/C28H29N5O4/c1-28(2,16-19-8-11-21(12-9-19)33(3)25-7-5-6-14-30-25)32-27(35)26(34)31-20-10-13-22(23(15-20)36-4)24-17-29-18-37-24/h5-15,17-18H,16H2,1-4H3,(H,31,34)(H,32,35). The van der Waals surface area contributed by atoms with E-state index in [9.17, 15) is 9.59 Å². The van der Waals surface area contributed by atoms with Crippen molar-refractivity contribution in [2.75, 3.05) is 24.4 Å². The summed E-state index contributed by atoms with van der Waals surface area (Å²) in [5.41, 5.74) is 2.47. The molecule has 0 aliphatic rings. The number of carbonyl (C=O) groups excluding carboxylic acids is 2. The van der Waals surface area contributed by atoms with Gasteiger partial charge in [-0.2, -0.15) is 0 Å². The number of benzene rings is 2. The lowest BCUT2D eigenvalue weighted by Gasteiger charge is -2.26. The van der Waals surface area contributed by atoms with Crippen LogP contribution in [0.1, 0.15) is 19.4 Å². The van der Waals surface area contributed by atoms with Crippen molar-refractivity contribution in [2.45, 2.75) is 25.8 Å². The van der Waals surface area contributed by atoms with Crippen LogP contribution >= 0.6 is 0 Å². The van der Waals surface area contributed by atoms with Crippen LogP contribution in [0.3, 0.4) is 0 Å². The van der Waals surface area contributed by atoms with E-state index in [2.05, 4.69) is 20.6 Å². The average molecular weight is 500 g/mol. The molecule has 2 N–H and O–H groups in total. The van der Waals surface area contributed by atoms with Gasteiger partial charge in [0.1, 0.15) is 11.6 Å². The monoisotopic (exact) mass is 499 g/mol. The number of methoxy groups -OCH3 is 1. The molecule has 2 heterocycles. The SMILES string of the molecule is COc1cc(NC(=O)C(=O)NC(C)(C)Cc2ccc(N(C)c3ccccn3)cc2)ccc1-c1cnco1. The number of amides is 2. The highest BCUT2D eigenvalue weighted by Gasteiger charge is 2.25. The molecule has 0 radical (unpaired) electrons. The second-order valence-corrected chi connectivity index (χ2v) is 9.16. The van der Waals surface area contributed by atoms with Gasteiger partial charge in [-0.05, 0) is 62.2 Å². The number of hydrogen-bond acceptors (Lipinski definition) is 7. The molecular formula is C28H29N5O4. The van der Waals surface area contributed by atoms with Gasteiger partial charge in [0, 0.05) is 36.2 Å². The van der Waals surface area contributed by atoms with Crippen LogP contribution in [0.25, 0.3) is 11.3 Å². The van der Waals surface area contributed by atoms with Gasteiger partial charge in [0.25, 0.3) is 0 Å². The summed E-state index contributed by atoms with van der Waals surface area (Å²) < 4.78 is 10.7. The molecule has 4 rings (SSSR count). The fraction of sp³-hybridized carbons (Fsp3) is 0.214. The number of pyridine rings is 1. The van der Waals surface area contributed by atoms with E-state index in [0.29, 0.717) is 29.2 Å². The molecule has 0 atom stereocenters. The molecule has 0 bridgehead atoms. The fourth-order valence-corrected chi connectivity index (χ4v) is 3.95. The van der Waals surface area contributed by atoms with Crippen LogP contribution in [0.4, 0.5) is 17.2 Å². The van der Waals surface area contributed by atoms with Crippen LogP contribution in [0, 0.1) is 0 Å². The molecule has 0 aliphatic carbocycles. The van der Waals surface area contributed by atoms with E-state index in [4.69, 9.17) is 9.15 Å². The number of nitrogens with one attached hydrogen (secondary N) is 2. The van der Waals surface area contributed by atoms with Crippen molar-refractivity contribution in [1.82, 2.24) is 15.3 Å². The van der Waals surface area contributed by atoms with Crippen LogP contribution in [0.2, 0.25) is 0 Å². The van der Waals surface area contributed by atoms with Crippen LogP contribution in [-0.2, 0) is 16.0 Å². The molecule has 2 aromatic carbocycles. The molecule has 0 spiro atoms. The molecule has 0 fully saturated rings. The maximum Gasteiger partial charge on any atom is 0.313 e. The van der Waals surface area contributed by atoms with Gasteiger partial charge in [-0.25, -0.2) is 9.97 Å². The van der Waals surface area contributed by atoms with E-state index >= 15 is 0 Å². The molecule has 37 heavy (non-hydrogen) atoms. The molecule has 2 amide bonds. The number of hydrogen-bond donors (Lipinski definition) is 2. The number of anilines is 3. The number of nitrogens with zero attached hydrogens (tertiary/aromatic N) is 3. The van der Waals surface area contributed by atoms with Crippen LogP contribution in [0.15, 0.2) is 83.9 Å². The highest BCUT2D eigenvalue weighted by atomic mass is 16.5. The largest absolute Gasteiger partial charge is 0.496 e. The van der Waals surface area contributed by atoms with Crippen molar-refractivity contribution in [1.29, 1.82) is 0 Å². The summed E-state index contributed by atoms with van der Waals surface area (Å²) >= 11 is 0. The summed E-state index contributed by atoms with van der Waals surface area (Å²) in [4.78, 5) is 35.5. The Bertz CT molecular complexity index is 1350. The van der Waals surface area contributed by atoms with Gasteiger partial charge in [-0.15, -0.1) is 0 Å². The smallest absolute Gasteiger partial charge is 0.313 e. The Morgan fingerprint density at radius 3 is 2.49 bits per heavy atom. The first-order valence-corrected chi connectivity index (χ1v) is 11.7. The van der Waals surface area contributed by atoms with E-state index in [1.807, 2.05) is 68.3 Å². The minimum Gasteiger partial charge on any atom is -0.496 e. The lowest BCUT2D eigenvalue weighted by molar-refractivity contribution is -0.137. The van der Waals surface area contributed by atoms with E-state index in [1.165, 1.54) is 13.5 Å². The number of aromatic nitrogens is 2. The first-order chi connectivity index (χ1) is 17.8. The third-order valence-electron chi connectivity index (χ3n) is 5.78. The van der Waals surface area contributed by atoms with Gasteiger partial charge < -0.3 is 24.7 Å². The first kappa shape index (κ1) is 25.4. The highest BCUT2D eigenvalue weighted by molar-refractivity contribution is 6.39. The van der Waals surface area contributed by atoms with Gasteiger partial charge in [0.05, 0.1) is 18.9 Å². The van der Waals surface area contributed by atoms with Crippen molar-refractivity contribution in [3.8, 4) is 17.1 Å². The van der Waals surface area contributed by atoms with Gasteiger partial charge >= 0.3 is 11.8 Å². The van der Waals surface area contributed by atoms with Gasteiger partial charge in [0.2, 0.25) is 0 Å². The molecule has 9 nitrogen and oxygen atoms in total. The number of carbonyl (C=O) groups is 2. The van der Waals surface area contributed by atoms with Crippen molar-refractivity contribution < 1.29 is 18.7 Å². The zero-order chi connectivity index (χ0) is 26.4. The number of oxazole rings is 1.